The molecule has 9 heteroatoms. The van der Waals surface area contributed by atoms with Crippen molar-refractivity contribution in [3.8, 4) is 28.8 Å². The van der Waals surface area contributed by atoms with Gasteiger partial charge in [0.25, 0.3) is 5.91 Å². The summed E-state index contributed by atoms with van der Waals surface area (Å²) in [7, 11) is 0. The second-order valence-corrected chi connectivity index (χ2v) is 9.76. The Bertz CT molecular complexity index is 1550. The molecule has 0 unspecified atom stereocenters. The fraction of sp³-hybridized carbons (Fsp3) is 0.276. The molecule has 38 heavy (non-hydrogen) atoms. The zero-order valence-electron chi connectivity index (χ0n) is 20.8. The SMILES string of the molecule is N#CC(=CC1CC1)C(=O)N1CCC[C@@H]1Cn1nc(-c2ccc(Oc3ccccc3)cc2)c2cnc(N)nc21. The molecule has 2 fully saturated rings. The van der Waals surface area contributed by atoms with Gasteiger partial charge in [-0.3, -0.25) is 4.79 Å². The molecule has 0 radical (unpaired) electrons. The molecule has 1 aliphatic heterocycles. The van der Waals surface area contributed by atoms with Crippen molar-refractivity contribution < 1.29 is 9.53 Å². The van der Waals surface area contributed by atoms with Gasteiger partial charge in [0.05, 0.1) is 18.0 Å². The highest BCUT2D eigenvalue weighted by Crippen LogP contribution is 2.33. The molecule has 4 aromatic rings. The summed E-state index contributed by atoms with van der Waals surface area (Å²) < 4.78 is 7.73. The quantitative estimate of drug-likeness (QED) is 0.285. The van der Waals surface area contributed by atoms with Crippen LogP contribution in [0.25, 0.3) is 22.3 Å². The minimum atomic E-state index is -0.193. The number of likely N-dealkylation sites (tertiary alicyclic amines) is 1. The number of benzene rings is 2. The van der Waals surface area contributed by atoms with Gasteiger partial charge < -0.3 is 15.4 Å². The van der Waals surface area contributed by atoms with E-state index in [1.165, 1.54) is 0 Å². The van der Waals surface area contributed by atoms with Gasteiger partial charge >= 0.3 is 0 Å². The van der Waals surface area contributed by atoms with E-state index in [0.29, 0.717) is 24.7 Å². The number of nitriles is 1. The van der Waals surface area contributed by atoms with Crippen molar-refractivity contribution in [2.45, 2.75) is 38.3 Å². The molecular weight excluding hydrogens is 478 g/mol. The van der Waals surface area contributed by atoms with Crippen LogP contribution in [0.4, 0.5) is 5.95 Å². The van der Waals surface area contributed by atoms with Gasteiger partial charge in [0.2, 0.25) is 5.95 Å². The number of fused-ring (bicyclic) bond motifs is 1. The summed E-state index contributed by atoms with van der Waals surface area (Å²) >= 11 is 0. The van der Waals surface area contributed by atoms with E-state index in [1.807, 2.05) is 70.3 Å². The van der Waals surface area contributed by atoms with Crippen LogP contribution in [-0.4, -0.2) is 43.1 Å². The second-order valence-electron chi connectivity index (χ2n) is 9.76. The van der Waals surface area contributed by atoms with Crippen LogP contribution in [0.3, 0.4) is 0 Å². The van der Waals surface area contributed by atoms with Gasteiger partial charge in [-0.15, -0.1) is 0 Å². The molecule has 2 aliphatic rings. The van der Waals surface area contributed by atoms with Gasteiger partial charge in [-0.1, -0.05) is 24.3 Å². The zero-order valence-corrected chi connectivity index (χ0v) is 20.8. The number of nitrogens with zero attached hydrogens (tertiary/aromatic N) is 6. The minimum absolute atomic E-state index is 0.0905. The Morgan fingerprint density at radius 2 is 1.87 bits per heavy atom. The van der Waals surface area contributed by atoms with Crippen LogP contribution in [0.2, 0.25) is 0 Å². The number of aromatic nitrogens is 4. The molecule has 2 N–H and O–H groups in total. The Morgan fingerprint density at radius 1 is 1.11 bits per heavy atom. The number of carbonyl (C=O) groups excluding carboxylic acids is 1. The molecule has 9 nitrogen and oxygen atoms in total. The Balaban J connectivity index is 1.28. The Hall–Kier alpha value is -4.71. The third kappa shape index (κ3) is 4.81. The third-order valence-corrected chi connectivity index (χ3v) is 7.01. The molecule has 1 saturated heterocycles. The summed E-state index contributed by atoms with van der Waals surface area (Å²) in [6.45, 7) is 1.08. The number of ether oxygens (including phenoxy) is 1. The largest absolute Gasteiger partial charge is 0.457 e. The van der Waals surface area contributed by atoms with Crippen LogP contribution in [0.1, 0.15) is 25.7 Å². The van der Waals surface area contributed by atoms with E-state index in [9.17, 15) is 10.1 Å². The number of amides is 1. The standard InChI is InChI=1S/C29H27N7O2/c30-16-21(15-19-8-9-19)28(37)35-14-4-5-22(35)18-36-27-25(17-32-29(31)33-27)26(34-36)20-10-12-24(13-11-20)38-23-6-2-1-3-7-23/h1-3,6-7,10-13,15,17,19,22H,4-5,8-9,14,18H2,(H2,31,32,33)/t22-/m1/s1. The normalized spacial score (nSPS) is 17.5. The summed E-state index contributed by atoms with van der Waals surface area (Å²) in [5.41, 5.74) is 8.42. The molecule has 1 saturated carbocycles. The molecule has 0 bridgehead atoms. The average molecular weight is 506 g/mol. The van der Waals surface area contributed by atoms with Crippen molar-refractivity contribution in [3.05, 3.63) is 72.4 Å². The van der Waals surface area contributed by atoms with E-state index in [-0.39, 0.29) is 23.5 Å². The first-order valence-electron chi connectivity index (χ1n) is 12.8. The lowest BCUT2D eigenvalue weighted by molar-refractivity contribution is -0.127. The van der Waals surface area contributed by atoms with E-state index < -0.39 is 0 Å². The van der Waals surface area contributed by atoms with E-state index in [0.717, 1.165) is 53.8 Å². The highest BCUT2D eigenvalue weighted by atomic mass is 16.5. The number of rotatable bonds is 7. The van der Waals surface area contributed by atoms with Crippen LogP contribution >= 0.6 is 0 Å². The fourth-order valence-electron chi connectivity index (χ4n) is 4.92. The molecule has 1 aliphatic carbocycles. The van der Waals surface area contributed by atoms with Crippen LogP contribution in [0, 0.1) is 17.2 Å². The topological polar surface area (TPSA) is 123 Å². The second kappa shape index (κ2) is 9.98. The predicted molar refractivity (Wildman–Crippen MR) is 143 cm³/mol. The number of anilines is 1. The number of allylic oxidation sites excluding steroid dienone is 1. The molecule has 1 atom stereocenters. The molecule has 190 valence electrons. The first kappa shape index (κ1) is 23.7. The molecule has 1 amide bonds. The number of carbonyl (C=O) groups is 1. The number of nitrogens with two attached hydrogens (primary N) is 1. The lowest BCUT2D eigenvalue weighted by Crippen LogP contribution is -2.39. The Labute approximate surface area is 220 Å². The van der Waals surface area contributed by atoms with Crippen LogP contribution < -0.4 is 10.5 Å². The van der Waals surface area contributed by atoms with Crippen molar-refractivity contribution >= 4 is 22.9 Å². The smallest absolute Gasteiger partial charge is 0.264 e. The number of hydrogen-bond acceptors (Lipinski definition) is 7. The van der Waals surface area contributed by atoms with E-state index in [1.54, 1.807) is 6.20 Å². The van der Waals surface area contributed by atoms with Crippen molar-refractivity contribution in [2.75, 3.05) is 12.3 Å². The van der Waals surface area contributed by atoms with Gasteiger partial charge in [0.15, 0.2) is 5.65 Å². The molecule has 6 rings (SSSR count). The summed E-state index contributed by atoms with van der Waals surface area (Å²) in [5, 5.41) is 15.3. The maximum atomic E-state index is 13.2. The lowest BCUT2D eigenvalue weighted by atomic mass is 10.1. The van der Waals surface area contributed by atoms with E-state index in [4.69, 9.17) is 15.6 Å². The molecule has 2 aromatic heterocycles. The number of para-hydroxylation sites is 1. The molecule has 3 heterocycles. The summed E-state index contributed by atoms with van der Waals surface area (Å²) in [6.07, 6.45) is 7.32. The van der Waals surface area contributed by atoms with Crippen LogP contribution in [0.15, 0.2) is 72.4 Å². The van der Waals surface area contributed by atoms with Crippen molar-refractivity contribution in [1.29, 1.82) is 5.26 Å². The minimum Gasteiger partial charge on any atom is -0.457 e. The third-order valence-electron chi connectivity index (χ3n) is 7.01. The number of hydrogen-bond donors (Lipinski definition) is 1. The Kier molecular flexibility index (Phi) is 6.22. The highest BCUT2D eigenvalue weighted by molar-refractivity contribution is 5.97. The van der Waals surface area contributed by atoms with Crippen molar-refractivity contribution in [2.24, 2.45) is 5.92 Å². The monoisotopic (exact) mass is 505 g/mol. The summed E-state index contributed by atoms with van der Waals surface area (Å²) in [5.74, 6) is 1.81. The van der Waals surface area contributed by atoms with Crippen molar-refractivity contribution in [3.63, 3.8) is 0 Å². The van der Waals surface area contributed by atoms with Crippen LogP contribution in [-0.2, 0) is 11.3 Å². The molecule has 0 spiro atoms. The number of nitrogen functional groups attached to an aromatic ring is 1. The first-order chi connectivity index (χ1) is 18.6. The molecule has 2 aromatic carbocycles. The van der Waals surface area contributed by atoms with E-state index >= 15 is 0 Å². The summed E-state index contributed by atoms with van der Waals surface area (Å²) in [6, 6.07) is 19.3. The zero-order chi connectivity index (χ0) is 26.1. The Morgan fingerprint density at radius 3 is 2.61 bits per heavy atom. The predicted octanol–water partition coefficient (Wildman–Crippen LogP) is 4.72. The van der Waals surface area contributed by atoms with Crippen LogP contribution in [0.5, 0.6) is 11.5 Å². The lowest BCUT2D eigenvalue weighted by Gasteiger charge is -2.24. The van der Waals surface area contributed by atoms with Gasteiger partial charge in [-0.2, -0.15) is 15.3 Å². The maximum absolute atomic E-state index is 13.2. The maximum Gasteiger partial charge on any atom is 0.264 e. The molecular formula is C29H27N7O2. The van der Waals surface area contributed by atoms with Gasteiger partial charge in [0.1, 0.15) is 28.8 Å². The highest BCUT2D eigenvalue weighted by Gasteiger charge is 2.33. The fourth-order valence-corrected chi connectivity index (χ4v) is 4.92. The van der Waals surface area contributed by atoms with Gasteiger partial charge in [0, 0.05) is 18.3 Å². The van der Waals surface area contributed by atoms with E-state index in [2.05, 4.69) is 16.0 Å². The first-order valence-corrected chi connectivity index (χ1v) is 12.8. The summed E-state index contributed by atoms with van der Waals surface area (Å²) in [4.78, 5) is 23.7. The van der Waals surface area contributed by atoms with Crippen molar-refractivity contribution in [1.82, 2.24) is 24.6 Å². The van der Waals surface area contributed by atoms with Gasteiger partial charge in [-0.05, 0) is 68.0 Å². The average Bonchev–Trinajstić information content (AvgIpc) is 3.53. The van der Waals surface area contributed by atoms with Gasteiger partial charge in [-0.25, -0.2) is 9.67 Å².